The van der Waals surface area contributed by atoms with Gasteiger partial charge in [-0.3, -0.25) is 4.79 Å². The molecular formula is C15H18F2N2O3. The number of halogens is 2. The Kier molecular flexibility index (Phi) is 4.63. The molecule has 1 N–H and O–H groups in total. The molecule has 1 fully saturated rings. The van der Waals surface area contributed by atoms with Gasteiger partial charge in [0.2, 0.25) is 0 Å². The summed E-state index contributed by atoms with van der Waals surface area (Å²) in [7, 11) is 1.54. The number of carbonyl (C=O) groups excluding carboxylic acids is 1. The summed E-state index contributed by atoms with van der Waals surface area (Å²) >= 11 is 0. The summed E-state index contributed by atoms with van der Waals surface area (Å²) in [6, 6.07) is 8.68. The SMILES string of the molecule is CN(Cc1ccccc1)C(=O)N1CCC(C(=O)O)C(F)(F)C1. The molecule has 1 saturated heterocycles. The van der Waals surface area contributed by atoms with Crippen molar-refractivity contribution in [2.75, 3.05) is 20.1 Å². The van der Waals surface area contributed by atoms with E-state index in [1.54, 1.807) is 0 Å². The average Bonchev–Trinajstić information content (AvgIpc) is 2.45. The predicted molar refractivity (Wildman–Crippen MR) is 75.6 cm³/mol. The first-order valence-electron chi connectivity index (χ1n) is 6.96. The molecule has 0 bridgehead atoms. The number of piperidine rings is 1. The summed E-state index contributed by atoms with van der Waals surface area (Å²) in [5.74, 6) is -6.65. The second-order valence-electron chi connectivity index (χ2n) is 5.49. The molecule has 1 aromatic carbocycles. The van der Waals surface area contributed by atoms with E-state index < -0.39 is 30.4 Å². The maximum absolute atomic E-state index is 13.8. The van der Waals surface area contributed by atoms with Crippen molar-refractivity contribution in [2.45, 2.75) is 18.9 Å². The highest BCUT2D eigenvalue weighted by Gasteiger charge is 2.50. The number of aliphatic carboxylic acids is 1. The lowest BCUT2D eigenvalue weighted by Crippen LogP contribution is -2.55. The molecule has 1 unspecified atom stereocenters. The third-order valence-electron chi connectivity index (χ3n) is 3.76. The Bertz CT molecular complexity index is 551. The molecule has 120 valence electrons. The smallest absolute Gasteiger partial charge is 0.320 e. The summed E-state index contributed by atoms with van der Waals surface area (Å²) in [6.07, 6.45) is -0.243. The zero-order valence-corrected chi connectivity index (χ0v) is 12.2. The summed E-state index contributed by atoms with van der Waals surface area (Å²) < 4.78 is 27.7. The molecule has 7 heteroatoms. The van der Waals surface area contributed by atoms with Crippen LogP contribution in [-0.2, 0) is 11.3 Å². The van der Waals surface area contributed by atoms with E-state index in [9.17, 15) is 18.4 Å². The normalized spacial score (nSPS) is 20.5. The number of alkyl halides is 2. The third kappa shape index (κ3) is 3.52. The number of nitrogens with zero attached hydrogens (tertiary/aromatic N) is 2. The van der Waals surface area contributed by atoms with E-state index in [-0.39, 0.29) is 13.0 Å². The van der Waals surface area contributed by atoms with Crippen molar-refractivity contribution in [1.82, 2.24) is 9.80 Å². The second kappa shape index (κ2) is 6.29. The molecular weight excluding hydrogens is 294 g/mol. The number of carbonyl (C=O) groups is 2. The largest absolute Gasteiger partial charge is 0.481 e. The third-order valence-corrected chi connectivity index (χ3v) is 3.76. The van der Waals surface area contributed by atoms with Gasteiger partial charge < -0.3 is 14.9 Å². The van der Waals surface area contributed by atoms with E-state index >= 15 is 0 Å². The maximum atomic E-state index is 13.8. The highest BCUT2D eigenvalue weighted by Crippen LogP contribution is 2.33. The Labute approximate surface area is 127 Å². The Morgan fingerprint density at radius 1 is 1.36 bits per heavy atom. The molecule has 0 radical (unpaired) electrons. The fraction of sp³-hybridized carbons (Fsp3) is 0.467. The lowest BCUT2D eigenvalue weighted by Gasteiger charge is -2.38. The van der Waals surface area contributed by atoms with Gasteiger partial charge in [-0.05, 0) is 12.0 Å². The first-order valence-corrected chi connectivity index (χ1v) is 6.96. The highest BCUT2D eigenvalue weighted by molar-refractivity contribution is 5.76. The number of carboxylic acids is 1. The molecule has 0 aliphatic carbocycles. The molecule has 5 nitrogen and oxygen atoms in total. The summed E-state index contributed by atoms with van der Waals surface area (Å²) in [5.41, 5.74) is 0.894. The minimum absolute atomic E-state index is 0.0184. The van der Waals surface area contributed by atoms with Crippen LogP contribution in [0.1, 0.15) is 12.0 Å². The van der Waals surface area contributed by atoms with Gasteiger partial charge in [-0.1, -0.05) is 30.3 Å². The van der Waals surface area contributed by atoms with Crippen molar-refractivity contribution in [2.24, 2.45) is 5.92 Å². The Hall–Kier alpha value is -2.18. The van der Waals surface area contributed by atoms with Crippen LogP contribution < -0.4 is 0 Å². The number of hydrogen-bond donors (Lipinski definition) is 1. The number of hydrogen-bond acceptors (Lipinski definition) is 2. The number of urea groups is 1. The van der Waals surface area contributed by atoms with Crippen LogP contribution in [-0.4, -0.2) is 53.0 Å². The fourth-order valence-corrected chi connectivity index (χ4v) is 2.57. The van der Waals surface area contributed by atoms with E-state index in [1.165, 1.54) is 11.9 Å². The monoisotopic (exact) mass is 312 g/mol. The highest BCUT2D eigenvalue weighted by atomic mass is 19.3. The Balaban J connectivity index is 2.00. The number of likely N-dealkylation sites (tertiary alicyclic amines) is 1. The number of benzene rings is 1. The average molecular weight is 312 g/mol. The van der Waals surface area contributed by atoms with Crippen LogP contribution in [0, 0.1) is 5.92 Å². The molecule has 1 aromatic rings. The molecule has 0 saturated carbocycles. The zero-order valence-electron chi connectivity index (χ0n) is 12.2. The standard InChI is InChI=1S/C15H18F2N2O3/c1-18(9-11-5-3-2-4-6-11)14(22)19-8-7-12(13(20)21)15(16,17)10-19/h2-6,12H,7-10H2,1H3,(H,20,21). The van der Waals surface area contributed by atoms with E-state index in [4.69, 9.17) is 5.11 Å². The van der Waals surface area contributed by atoms with Gasteiger partial charge in [-0.2, -0.15) is 0 Å². The molecule has 1 atom stereocenters. The van der Waals surface area contributed by atoms with E-state index in [0.29, 0.717) is 6.54 Å². The lowest BCUT2D eigenvalue weighted by atomic mass is 9.93. The van der Waals surface area contributed by atoms with Crippen LogP contribution in [0.25, 0.3) is 0 Å². The summed E-state index contributed by atoms with van der Waals surface area (Å²) in [4.78, 5) is 25.4. The minimum Gasteiger partial charge on any atom is -0.481 e. The van der Waals surface area contributed by atoms with Gasteiger partial charge in [0.05, 0.1) is 6.54 Å². The summed E-state index contributed by atoms with van der Waals surface area (Å²) in [5, 5.41) is 8.81. The van der Waals surface area contributed by atoms with Gasteiger partial charge in [0.25, 0.3) is 5.92 Å². The van der Waals surface area contributed by atoms with Crippen LogP contribution >= 0.6 is 0 Å². The van der Waals surface area contributed by atoms with Gasteiger partial charge >= 0.3 is 12.0 Å². The number of rotatable bonds is 3. The Morgan fingerprint density at radius 3 is 2.55 bits per heavy atom. The molecule has 1 aliphatic heterocycles. The Morgan fingerprint density at radius 2 is 2.00 bits per heavy atom. The minimum atomic E-state index is -3.41. The van der Waals surface area contributed by atoms with Crippen molar-refractivity contribution >= 4 is 12.0 Å². The molecule has 0 spiro atoms. The zero-order chi connectivity index (χ0) is 16.3. The lowest BCUT2D eigenvalue weighted by molar-refractivity contribution is -0.165. The van der Waals surface area contributed by atoms with Gasteiger partial charge in [0.15, 0.2) is 0 Å². The van der Waals surface area contributed by atoms with Crippen LogP contribution in [0.3, 0.4) is 0 Å². The van der Waals surface area contributed by atoms with E-state index in [1.807, 2.05) is 30.3 Å². The molecule has 0 aromatic heterocycles. The van der Waals surface area contributed by atoms with Crippen molar-refractivity contribution in [1.29, 1.82) is 0 Å². The maximum Gasteiger partial charge on any atom is 0.320 e. The number of carboxylic acid groups (broad SMARTS) is 1. The van der Waals surface area contributed by atoms with Gasteiger partial charge in [-0.25, -0.2) is 13.6 Å². The van der Waals surface area contributed by atoms with E-state index in [0.717, 1.165) is 10.5 Å². The second-order valence-corrected chi connectivity index (χ2v) is 5.49. The quantitative estimate of drug-likeness (QED) is 0.931. The van der Waals surface area contributed by atoms with Gasteiger partial charge in [-0.15, -0.1) is 0 Å². The van der Waals surface area contributed by atoms with Crippen molar-refractivity contribution < 1.29 is 23.5 Å². The van der Waals surface area contributed by atoms with Gasteiger partial charge in [0.1, 0.15) is 5.92 Å². The van der Waals surface area contributed by atoms with Crippen molar-refractivity contribution in [3.05, 3.63) is 35.9 Å². The first kappa shape index (κ1) is 16.2. The number of amides is 2. The van der Waals surface area contributed by atoms with Gasteiger partial charge in [0, 0.05) is 20.1 Å². The van der Waals surface area contributed by atoms with Crippen molar-refractivity contribution in [3.63, 3.8) is 0 Å². The molecule has 1 aliphatic rings. The van der Waals surface area contributed by atoms with Crippen LogP contribution in [0.15, 0.2) is 30.3 Å². The summed E-state index contributed by atoms with van der Waals surface area (Å²) in [6.45, 7) is -0.531. The first-order chi connectivity index (χ1) is 10.3. The predicted octanol–water partition coefficient (Wildman–Crippen LogP) is 2.28. The van der Waals surface area contributed by atoms with Crippen LogP contribution in [0.2, 0.25) is 0 Å². The fourth-order valence-electron chi connectivity index (χ4n) is 2.57. The van der Waals surface area contributed by atoms with Crippen LogP contribution in [0.5, 0.6) is 0 Å². The van der Waals surface area contributed by atoms with Crippen LogP contribution in [0.4, 0.5) is 13.6 Å². The molecule has 22 heavy (non-hydrogen) atoms. The topological polar surface area (TPSA) is 60.9 Å². The molecule has 2 rings (SSSR count). The molecule has 2 amide bonds. The molecule has 1 heterocycles. The van der Waals surface area contributed by atoms with E-state index in [2.05, 4.69) is 0 Å². The van der Waals surface area contributed by atoms with Crippen molar-refractivity contribution in [3.8, 4) is 0 Å².